The van der Waals surface area contributed by atoms with Crippen molar-refractivity contribution in [3.63, 3.8) is 0 Å². The van der Waals surface area contributed by atoms with Crippen molar-refractivity contribution in [3.8, 4) is 5.75 Å². The summed E-state index contributed by atoms with van der Waals surface area (Å²) >= 11 is 0. The molecule has 2 aromatic rings. The molecule has 0 saturated carbocycles. The molecule has 0 saturated heterocycles. The Hall–Kier alpha value is -3.03. The molecule has 2 aromatic carbocycles. The lowest BCUT2D eigenvalue weighted by atomic mass is 10.2. The van der Waals surface area contributed by atoms with Gasteiger partial charge in [0.1, 0.15) is 12.4 Å². The van der Waals surface area contributed by atoms with Crippen LogP contribution >= 0.6 is 0 Å². The summed E-state index contributed by atoms with van der Waals surface area (Å²) in [6.45, 7) is -0.147. The van der Waals surface area contributed by atoms with E-state index in [4.69, 9.17) is 4.74 Å². The van der Waals surface area contributed by atoms with Crippen LogP contribution in [0, 0.1) is 26.0 Å². The number of halogens is 1. The quantitative estimate of drug-likeness (QED) is 0.622. The third-order valence-corrected chi connectivity index (χ3v) is 2.63. The highest BCUT2D eigenvalue weighted by atomic mass is 19.1. The third kappa shape index (κ3) is 3.50. The Morgan fingerprint density at radius 3 is 2.48 bits per heavy atom. The SMILES string of the molecule is O=[N+]([O-])c1cccc(COc2cc(F)ccc2[N+](=O)[O-])c1. The van der Waals surface area contributed by atoms with Crippen LogP contribution in [0.4, 0.5) is 15.8 Å². The molecule has 8 heteroatoms. The first-order valence-corrected chi connectivity index (χ1v) is 5.77. The molecule has 0 aliphatic heterocycles. The predicted molar refractivity (Wildman–Crippen MR) is 70.5 cm³/mol. The van der Waals surface area contributed by atoms with Gasteiger partial charge in [-0.1, -0.05) is 12.1 Å². The molecule has 0 aliphatic carbocycles. The van der Waals surface area contributed by atoms with Crippen LogP contribution < -0.4 is 4.74 Å². The van der Waals surface area contributed by atoms with Crippen LogP contribution in [0.1, 0.15) is 5.56 Å². The monoisotopic (exact) mass is 292 g/mol. The van der Waals surface area contributed by atoms with Crippen molar-refractivity contribution in [1.82, 2.24) is 0 Å². The van der Waals surface area contributed by atoms with Crippen molar-refractivity contribution in [1.29, 1.82) is 0 Å². The number of benzene rings is 2. The Morgan fingerprint density at radius 1 is 1.05 bits per heavy atom. The van der Waals surface area contributed by atoms with Gasteiger partial charge in [-0.3, -0.25) is 20.2 Å². The fourth-order valence-corrected chi connectivity index (χ4v) is 1.68. The number of hydrogen-bond acceptors (Lipinski definition) is 5. The fourth-order valence-electron chi connectivity index (χ4n) is 1.68. The van der Waals surface area contributed by atoms with Gasteiger partial charge in [0, 0.05) is 24.3 Å². The summed E-state index contributed by atoms with van der Waals surface area (Å²) < 4.78 is 18.3. The molecular weight excluding hydrogens is 283 g/mol. The maximum atomic E-state index is 13.1. The summed E-state index contributed by atoms with van der Waals surface area (Å²) in [7, 11) is 0. The van der Waals surface area contributed by atoms with E-state index in [0.717, 1.165) is 18.2 Å². The molecule has 0 aromatic heterocycles. The minimum atomic E-state index is -0.692. The fraction of sp³-hybridized carbons (Fsp3) is 0.0769. The normalized spacial score (nSPS) is 10.1. The van der Waals surface area contributed by atoms with Crippen molar-refractivity contribution >= 4 is 11.4 Å². The zero-order chi connectivity index (χ0) is 15.4. The zero-order valence-electron chi connectivity index (χ0n) is 10.6. The van der Waals surface area contributed by atoms with Crippen molar-refractivity contribution in [2.24, 2.45) is 0 Å². The van der Waals surface area contributed by atoms with Gasteiger partial charge < -0.3 is 4.74 Å². The average molecular weight is 292 g/mol. The van der Waals surface area contributed by atoms with E-state index >= 15 is 0 Å². The average Bonchev–Trinajstić information content (AvgIpc) is 2.45. The largest absolute Gasteiger partial charge is 0.482 e. The van der Waals surface area contributed by atoms with Gasteiger partial charge in [-0.2, -0.15) is 0 Å². The molecule has 21 heavy (non-hydrogen) atoms. The van der Waals surface area contributed by atoms with E-state index in [2.05, 4.69) is 0 Å². The maximum absolute atomic E-state index is 13.1. The Labute approximate surface area is 117 Å². The van der Waals surface area contributed by atoms with Crippen molar-refractivity contribution in [2.75, 3.05) is 0 Å². The van der Waals surface area contributed by atoms with Crippen LogP contribution in [0.25, 0.3) is 0 Å². The minimum absolute atomic E-state index is 0.121. The van der Waals surface area contributed by atoms with Gasteiger partial charge in [-0.05, 0) is 11.6 Å². The minimum Gasteiger partial charge on any atom is -0.482 e. The Balaban J connectivity index is 2.20. The first-order valence-electron chi connectivity index (χ1n) is 5.77. The lowest BCUT2D eigenvalue weighted by molar-refractivity contribution is -0.386. The van der Waals surface area contributed by atoms with Gasteiger partial charge in [0.25, 0.3) is 5.69 Å². The molecule has 0 radical (unpaired) electrons. The highest BCUT2D eigenvalue weighted by molar-refractivity contribution is 5.46. The summed E-state index contributed by atoms with van der Waals surface area (Å²) in [4.78, 5) is 20.2. The van der Waals surface area contributed by atoms with Crippen LogP contribution in [-0.2, 0) is 6.61 Å². The number of nitro groups is 2. The second kappa shape index (κ2) is 5.95. The summed E-state index contributed by atoms with van der Waals surface area (Å²) in [6, 6.07) is 8.49. The third-order valence-electron chi connectivity index (χ3n) is 2.63. The molecule has 108 valence electrons. The van der Waals surface area contributed by atoms with E-state index in [1.165, 1.54) is 18.2 Å². The van der Waals surface area contributed by atoms with E-state index in [9.17, 15) is 24.6 Å². The van der Waals surface area contributed by atoms with Gasteiger partial charge in [-0.25, -0.2) is 4.39 Å². The molecule has 7 nitrogen and oxygen atoms in total. The summed E-state index contributed by atoms with van der Waals surface area (Å²) in [6.07, 6.45) is 0. The van der Waals surface area contributed by atoms with Crippen LogP contribution in [0.3, 0.4) is 0 Å². The molecule has 0 spiro atoms. The molecule has 2 rings (SSSR count). The second-order valence-electron chi connectivity index (χ2n) is 4.08. The smallest absolute Gasteiger partial charge is 0.311 e. The van der Waals surface area contributed by atoms with Crippen LogP contribution in [0.2, 0.25) is 0 Å². The van der Waals surface area contributed by atoms with Crippen LogP contribution in [-0.4, -0.2) is 9.85 Å². The van der Waals surface area contributed by atoms with E-state index in [-0.39, 0.29) is 23.7 Å². The van der Waals surface area contributed by atoms with Crippen molar-refractivity contribution < 1.29 is 19.0 Å². The summed E-state index contributed by atoms with van der Waals surface area (Å²) in [5.74, 6) is -0.902. The molecule has 0 atom stereocenters. The Kier molecular flexibility index (Phi) is 4.07. The van der Waals surface area contributed by atoms with Crippen molar-refractivity contribution in [2.45, 2.75) is 6.61 Å². The highest BCUT2D eigenvalue weighted by Gasteiger charge is 2.16. The lowest BCUT2D eigenvalue weighted by Gasteiger charge is -2.07. The molecule has 0 bridgehead atoms. The van der Waals surface area contributed by atoms with Crippen LogP contribution in [0.5, 0.6) is 5.75 Å². The van der Waals surface area contributed by atoms with Crippen LogP contribution in [0.15, 0.2) is 42.5 Å². The number of hydrogen-bond donors (Lipinski definition) is 0. The Morgan fingerprint density at radius 2 is 1.81 bits per heavy atom. The molecule has 0 unspecified atom stereocenters. The lowest BCUT2D eigenvalue weighted by Crippen LogP contribution is -2.00. The molecular formula is C13H9FN2O5. The number of ether oxygens (including phenoxy) is 1. The molecule has 0 heterocycles. The number of nitro benzene ring substituents is 2. The van der Waals surface area contributed by atoms with E-state index in [1.807, 2.05) is 0 Å². The standard InChI is InChI=1S/C13H9FN2O5/c14-10-4-5-12(16(19)20)13(7-10)21-8-9-2-1-3-11(6-9)15(17)18/h1-7H,8H2. The molecule has 0 fully saturated rings. The number of rotatable bonds is 5. The van der Waals surface area contributed by atoms with Crippen molar-refractivity contribution in [3.05, 3.63) is 74.1 Å². The predicted octanol–water partition coefficient (Wildman–Crippen LogP) is 3.22. The first kappa shape index (κ1) is 14.4. The van der Waals surface area contributed by atoms with Gasteiger partial charge >= 0.3 is 5.69 Å². The second-order valence-corrected chi connectivity index (χ2v) is 4.08. The number of non-ortho nitro benzene ring substituents is 1. The van der Waals surface area contributed by atoms with E-state index in [1.54, 1.807) is 6.07 Å². The molecule has 0 aliphatic rings. The molecule has 0 N–H and O–H groups in total. The van der Waals surface area contributed by atoms with E-state index < -0.39 is 15.7 Å². The van der Waals surface area contributed by atoms with Gasteiger partial charge in [-0.15, -0.1) is 0 Å². The molecule has 0 amide bonds. The number of nitrogens with zero attached hydrogens (tertiary/aromatic N) is 2. The van der Waals surface area contributed by atoms with Gasteiger partial charge in [0.15, 0.2) is 5.75 Å². The topological polar surface area (TPSA) is 95.5 Å². The van der Waals surface area contributed by atoms with Gasteiger partial charge in [0.05, 0.1) is 9.85 Å². The van der Waals surface area contributed by atoms with Gasteiger partial charge in [0.2, 0.25) is 0 Å². The summed E-state index contributed by atoms with van der Waals surface area (Å²) in [5.41, 5.74) is -0.0468. The first-order chi connectivity index (χ1) is 9.97. The Bertz CT molecular complexity index is 705. The maximum Gasteiger partial charge on any atom is 0.311 e. The zero-order valence-corrected chi connectivity index (χ0v) is 10.6. The highest BCUT2D eigenvalue weighted by Crippen LogP contribution is 2.28. The summed E-state index contributed by atoms with van der Waals surface area (Å²) in [5, 5.41) is 21.4. The van der Waals surface area contributed by atoms with E-state index in [0.29, 0.717) is 5.56 Å².